The van der Waals surface area contributed by atoms with Crippen LogP contribution in [0.3, 0.4) is 0 Å². The number of esters is 1. The first-order valence-electron chi connectivity index (χ1n) is 3.50. The van der Waals surface area contributed by atoms with E-state index in [0.717, 1.165) is 0 Å². The van der Waals surface area contributed by atoms with Gasteiger partial charge in [0.1, 0.15) is 6.67 Å². The molecule has 0 bridgehead atoms. The molecule has 0 N–H and O–H groups in total. The van der Waals surface area contributed by atoms with E-state index in [4.69, 9.17) is 0 Å². The van der Waals surface area contributed by atoms with Crippen LogP contribution in [0.25, 0.3) is 0 Å². The van der Waals surface area contributed by atoms with E-state index in [9.17, 15) is 31.1 Å². The van der Waals surface area contributed by atoms with Crippen molar-refractivity contribution in [3.05, 3.63) is 12.7 Å². The van der Waals surface area contributed by atoms with E-state index in [0.29, 0.717) is 0 Å². The zero-order valence-electron chi connectivity index (χ0n) is 7.15. The van der Waals surface area contributed by atoms with Crippen molar-refractivity contribution in [1.29, 1.82) is 0 Å². The van der Waals surface area contributed by atoms with Crippen LogP contribution in [0.4, 0.5) is 26.3 Å². The van der Waals surface area contributed by atoms with E-state index in [-0.39, 0.29) is 6.08 Å². The molecular weight excluding hydrogens is 230 g/mol. The van der Waals surface area contributed by atoms with E-state index in [2.05, 4.69) is 11.3 Å². The van der Waals surface area contributed by atoms with Crippen LogP contribution < -0.4 is 0 Å². The fourth-order valence-electron chi connectivity index (χ4n) is 0.515. The standard InChI is InChI=1S/C7H6F6O2/c1-2-5(14)15-7(12,13)6(10,11)4(9)3-8/h2,4H,1,3H2. The van der Waals surface area contributed by atoms with Crippen LogP contribution in [0.1, 0.15) is 0 Å². The molecule has 0 amide bonds. The number of halogens is 6. The zero-order valence-corrected chi connectivity index (χ0v) is 7.15. The van der Waals surface area contributed by atoms with Crippen molar-refractivity contribution in [3.8, 4) is 0 Å². The lowest BCUT2D eigenvalue weighted by atomic mass is 10.2. The van der Waals surface area contributed by atoms with Crippen LogP contribution in [-0.2, 0) is 9.53 Å². The van der Waals surface area contributed by atoms with E-state index in [1.54, 1.807) is 0 Å². The quantitative estimate of drug-likeness (QED) is 0.415. The molecule has 0 rings (SSSR count). The van der Waals surface area contributed by atoms with Crippen LogP contribution in [0.15, 0.2) is 12.7 Å². The minimum Gasteiger partial charge on any atom is -0.393 e. The predicted molar refractivity (Wildman–Crippen MR) is 37.1 cm³/mol. The zero-order chi connectivity index (χ0) is 12.3. The lowest BCUT2D eigenvalue weighted by Crippen LogP contribution is -2.51. The highest BCUT2D eigenvalue weighted by Gasteiger charge is 2.65. The number of carbonyl (C=O) groups excluding carboxylic acids is 1. The molecule has 2 nitrogen and oxygen atoms in total. The maximum atomic E-state index is 12.4. The van der Waals surface area contributed by atoms with Gasteiger partial charge in [0.15, 0.2) is 0 Å². The summed E-state index contributed by atoms with van der Waals surface area (Å²) in [5, 5.41) is 0. The maximum absolute atomic E-state index is 12.4. The predicted octanol–water partition coefficient (Wildman–Crippen LogP) is 2.25. The first-order valence-corrected chi connectivity index (χ1v) is 3.50. The Morgan fingerprint density at radius 2 is 1.87 bits per heavy atom. The number of alkyl halides is 6. The first-order chi connectivity index (χ1) is 6.69. The molecule has 0 aromatic rings. The summed E-state index contributed by atoms with van der Waals surface area (Å²) in [5.74, 6) is -7.30. The molecule has 0 saturated heterocycles. The molecule has 8 heteroatoms. The lowest BCUT2D eigenvalue weighted by molar-refractivity contribution is -0.345. The van der Waals surface area contributed by atoms with E-state index >= 15 is 0 Å². The second-order valence-electron chi connectivity index (χ2n) is 2.39. The van der Waals surface area contributed by atoms with Gasteiger partial charge in [-0.3, -0.25) is 0 Å². The largest absolute Gasteiger partial charge is 0.469 e. The van der Waals surface area contributed by atoms with Gasteiger partial charge in [-0.15, -0.1) is 0 Å². The molecular formula is C7H6F6O2. The Morgan fingerprint density at radius 3 is 2.20 bits per heavy atom. The highest BCUT2D eigenvalue weighted by atomic mass is 19.3. The second kappa shape index (κ2) is 4.54. The molecule has 0 radical (unpaired) electrons. The summed E-state index contributed by atoms with van der Waals surface area (Å²) in [6.07, 6.45) is -9.00. The summed E-state index contributed by atoms with van der Waals surface area (Å²) in [4.78, 5) is 10.2. The van der Waals surface area contributed by atoms with Gasteiger partial charge in [-0.1, -0.05) is 6.58 Å². The van der Waals surface area contributed by atoms with Gasteiger partial charge in [-0.2, -0.15) is 17.6 Å². The molecule has 0 aliphatic rings. The van der Waals surface area contributed by atoms with Gasteiger partial charge in [0.05, 0.1) is 0 Å². The Morgan fingerprint density at radius 1 is 1.40 bits per heavy atom. The molecule has 0 fully saturated rings. The normalized spacial score (nSPS) is 14.5. The maximum Gasteiger partial charge on any atom is 0.469 e. The molecule has 88 valence electrons. The Kier molecular flexibility index (Phi) is 4.17. The first kappa shape index (κ1) is 13.8. The lowest BCUT2D eigenvalue weighted by Gasteiger charge is -2.26. The molecule has 0 spiro atoms. The summed E-state index contributed by atoms with van der Waals surface area (Å²) < 4.78 is 76.2. The van der Waals surface area contributed by atoms with Crippen molar-refractivity contribution in [2.75, 3.05) is 6.67 Å². The van der Waals surface area contributed by atoms with Gasteiger partial charge >= 0.3 is 18.0 Å². The van der Waals surface area contributed by atoms with Gasteiger partial charge in [0.25, 0.3) is 0 Å². The molecule has 15 heavy (non-hydrogen) atoms. The Bertz CT molecular complexity index is 252. The van der Waals surface area contributed by atoms with Crippen LogP contribution in [-0.4, -0.2) is 30.8 Å². The van der Waals surface area contributed by atoms with Crippen LogP contribution in [0, 0.1) is 0 Å². The molecule has 0 aromatic heterocycles. The number of carbonyl (C=O) groups is 1. The second-order valence-corrected chi connectivity index (χ2v) is 2.39. The van der Waals surface area contributed by atoms with Crippen molar-refractivity contribution in [2.24, 2.45) is 0 Å². The monoisotopic (exact) mass is 236 g/mol. The number of ether oxygens (including phenoxy) is 1. The summed E-state index contributed by atoms with van der Waals surface area (Å²) in [6.45, 7) is 0.346. The van der Waals surface area contributed by atoms with Gasteiger partial charge in [0.2, 0.25) is 6.17 Å². The Balaban J connectivity index is 4.83. The van der Waals surface area contributed by atoms with Crippen LogP contribution in [0.2, 0.25) is 0 Å². The molecule has 1 atom stereocenters. The number of rotatable bonds is 5. The third kappa shape index (κ3) is 2.87. The summed E-state index contributed by atoms with van der Waals surface area (Å²) >= 11 is 0. The molecule has 1 unspecified atom stereocenters. The van der Waals surface area contributed by atoms with Crippen LogP contribution >= 0.6 is 0 Å². The van der Waals surface area contributed by atoms with E-state index in [1.807, 2.05) is 0 Å². The topological polar surface area (TPSA) is 26.3 Å². The molecule has 0 saturated carbocycles. The fourth-order valence-corrected chi connectivity index (χ4v) is 0.515. The smallest absolute Gasteiger partial charge is 0.393 e. The Labute approximate surface area is 80.5 Å². The molecule has 0 aromatic carbocycles. The highest BCUT2D eigenvalue weighted by Crippen LogP contribution is 2.39. The fraction of sp³-hybridized carbons (Fsp3) is 0.571. The third-order valence-electron chi connectivity index (χ3n) is 1.31. The minimum atomic E-state index is -5.43. The van der Waals surface area contributed by atoms with Crippen LogP contribution in [0.5, 0.6) is 0 Å². The van der Waals surface area contributed by atoms with Gasteiger partial charge < -0.3 is 4.74 Å². The highest BCUT2D eigenvalue weighted by molar-refractivity contribution is 5.81. The molecule has 0 aliphatic heterocycles. The average Bonchev–Trinajstić information content (AvgIpc) is 2.15. The third-order valence-corrected chi connectivity index (χ3v) is 1.31. The molecule has 0 aliphatic carbocycles. The minimum absolute atomic E-state index is 0.187. The number of hydrogen-bond acceptors (Lipinski definition) is 2. The summed E-state index contributed by atoms with van der Waals surface area (Å²) in [6, 6.07) is 0. The summed E-state index contributed by atoms with van der Waals surface area (Å²) in [5.41, 5.74) is 0. The van der Waals surface area contributed by atoms with Gasteiger partial charge in [-0.05, 0) is 0 Å². The van der Waals surface area contributed by atoms with Crippen molar-refractivity contribution in [3.63, 3.8) is 0 Å². The summed E-state index contributed by atoms with van der Waals surface area (Å²) in [7, 11) is 0. The van der Waals surface area contributed by atoms with Crippen molar-refractivity contribution >= 4 is 5.97 Å². The van der Waals surface area contributed by atoms with Gasteiger partial charge in [0, 0.05) is 6.08 Å². The Hall–Kier alpha value is -1.21. The van der Waals surface area contributed by atoms with E-state index < -0.39 is 30.8 Å². The van der Waals surface area contributed by atoms with Crippen molar-refractivity contribution in [1.82, 2.24) is 0 Å². The number of hydrogen-bond donors (Lipinski definition) is 0. The van der Waals surface area contributed by atoms with E-state index in [1.165, 1.54) is 0 Å². The SMILES string of the molecule is C=CC(=O)OC(F)(F)C(F)(F)C(F)CF. The average molecular weight is 236 g/mol. The van der Waals surface area contributed by atoms with Crippen molar-refractivity contribution in [2.45, 2.75) is 18.2 Å². The molecule has 0 heterocycles. The van der Waals surface area contributed by atoms with Gasteiger partial charge in [-0.25, -0.2) is 13.6 Å². The van der Waals surface area contributed by atoms with Crippen molar-refractivity contribution < 1.29 is 35.9 Å².